The maximum absolute atomic E-state index is 12.9. The summed E-state index contributed by atoms with van der Waals surface area (Å²) in [6.45, 7) is -0.247. The van der Waals surface area contributed by atoms with Gasteiger partial charge in [-0.1, -0.05) is 23.2 Å². The Morgan fingerprint density at radius 3 is 2.50 bits per heavy atom. The van der Waals surface area contributed by atoms with Gasteiger partial charge in [-0.25, -0.2) is 4.39 Å². The first-order valence-electron chi connectivity index (χ1n) is 3.44. The van der Waals surface area contributed by atoms with Gasteiger partial charge in [-0.3, -0.25) is 4.79 Å². The predicted octanol–water partition coefficient (Wildman–Crippen LogP) is 2.70. The van der Waals surface area contributed by atoms with E-state index >= 15 is 0 Å². The van der Waals surface area contributed by atoms with Gasteiger partial charge in [0.15, 0.2) is 5.78 Å². The number of Topliss-reactive ketones (excluding diaryl/α,β-unsaturated/α-hetero) is 1. The molecule has 0 bridgehead atoms. The third-order valence-electron chi connectivity index (χ3n) is 1.51. The minimum absolute atomic E-state index is 0. The first-order chi connectivity index (χ1) is 6.07. The van der Waals surface area contributed by atoms with Crippen molar-refractivity contribution in [3.8, 4) is 0 Å². The van der Waals surface area contributed by atoms with E-state index in [1.165, 1.54) is 6.07 Å². The molecule has 2 N–H and O–H groups in total. The number of nitrogens with two attached hydrogens (primary N) is 1. The van der Waals surface area contributed by atoms with Gasteiger partial charge < -0.3 is 5.73 Å². The summed E-state index contributed by atoms with van der Waals surface area (Å²) in [6.07, 6.45) is 0. The maximum Gasteiger partial charge on any atom is 0.179 e. The van der Waals surface area contributed by atoms with Gasteiger partial charge in [0.25, 0.3) is 0 Å². The topological polar surface area (TPSA) is 43.1 Å². The molecule has 0 fully saturated rings. The number of carbonyl (C=O) groups is 1. The van der Waals surface area contributed by atoms with Gasteiger partial charge >= 0.3 is 0 Å². The van der Waals surface area contributed by atoms with Gasteiger partial charge in [-0.2, -0.15) is 0 Å². The lowest BCUT2D eigenvalue weighted by Gasteiger charge is -2.04. The molecule has 78 valence electrons. The quantitative estimate of drug-likeness (QED) is 0.655. The third kappa shape index (κ3) is 2.58. The van der Waals surface area contributed by atoms with Crippen molar-refractivity contribution in [3.63, 3.8) is 0 Å². The van der Waals surface area contributed by atoms with Crippen LogP contribution in [0.25, 0.3) is 0 Å². The van der Waals surface area contributed by atoms with Gasteiger partial charge in [0.05, 0.1) is 22.2 Å². The molecule has 0 saturated heterocycles. The van der Waals surface area contributed by atoms with E-state index in [1.54, 1.807) is 0 Å². The van der Waals surface area contributed by atoms with E-state index < -0.39 is 11.6 Å². The van der Waals surface area contributed by atoms with Crippen LogP contribution in [0.2, 0.25) is 10.0 Å². The molecule has 1 aromatic carbocycles. The van der Waals surface area contributed by atoms with Crippen LogP contribution in [0, 0.1) is 5.82 Å². The van der Waals surface area contributed by atoms with Crippen LogP contribution >= 0.6 is 35.6 Å². The molecular formula is C8H7Cl3FNO. The molecule has 1 rings (SSSR count). The van der Waals surface area contributed by atoms with Gasteiger partial charge in [0.2, 0.25) is 0 Å². The van der Waals surface area contributed by atoms with Crippen molar-refractivity contribution < 1.29 is 9.18 Å². The van der Waals surface area contributed by atoms with Crippen molar-refractivity contribution in [1.29, 1.82) is 0 Å². The third-order valence-corrected chi connectivity index (χ3v) is 2.19. The highest BCUT2D eigenvalue weighted by molar-refractivity contribution is 6.40. The smallest absolute Gasteiger partial charge is 0.179 e. The number of hydrogen-bond acceptors (Lipinski definition) is 2. The van der Waals surface area contributed by atoms with E-state index in [9.17, 15) is 9.18 Å². The van der Waals surface area contributed by atoms with Crippen LogP contribution in [0.4, 0.5) is 4.39 Å². The van der Waals surface area contributed by atoms with E-state index in [-0.39, 0.29) is 34.6 Å². The Bertz CT molecular complexity index is 357. The minimum atomic E-state index is -0.678. The molecular weight excluding hydrogens is 251 g/mol. The zero-order valence-electron chi connectivity index (χ0n) is 6.89. The monoisotopic (exact) mass is 257 g/mol. The normalized spacial score (nSPS) is 9.43. The average molecular weight is 259 g/mol. The molecule has 0 atom stereocenters. The van der Waals surface area contributed by atoms with Crippen LogP contribution in [0.5, 0.6) is 0 Å². The van der Waals surface area contributed by atoms with Crippen LogP contribution in [0.1, 0.15) is 10.4 Å². The number of hydrogen-bond donors (Lipinski definition) is 1. The number of ketones is 1. The van der Waals surface area contributed by atoms with Crippen molar-refractivity contribution >= 4 is 41.4 Å². The summed E-state index contributed by atoms with van der Waals surface area (Å²) >= 11 is 11.2. The molecule has 0 spiro atoms. The second-order valence-electron chi connectivity index (χ2n) is 2.35. The highest BCUT2D eigenvalue weighted by Crippen LogP contribution is 2.27. The molecule has 0 aliphatic heterocycles. The molecule has 0 saturated carbocycles. The maximum atomic E-state index is 12.9. The number of benzene rings is 1. The Balaban J connectivity index is 0.00000169. The first kappa shape index (κ1) is 13.7. The fraction of sp³-hybridized carbons (Fsp3) is 0.125. The standard InChI is InChI=1S/C8H6Cl2FNO.ClH/c9-4-1-2-5(11)8(10)7(4)6(13)3-12;/h1-2H,3,12H2;1H. The largest absolute Gasteiger partial charge is 0.324 e. The highest BCUT2D eigenvalue weighted by Gasteiger charge is 2.16. The molecule has 0 amide bonds. The highest BCUT2D eigenvalue weighted by atomic mass is 35.5. The van der Waals surface area contributed by atoms with E-state index in [0.29, 0.717) is 0 Å². The van der Waals surface area contributed by atoms with Crippen LogP contribution in [0.15, 0.2) is 12.1 Å². The lowest BCUT2D eigenvalue weighted by Crippen LogP contribution is -2.15. The summed E-state index contributed by atoms with van der Waals surface area (Å²) in [5.74, 6) is -1.16. The van der Waals surface area contributed by atoms with Gasteiger partial charge in [-0.05, 0) is 12.1 Å². The number of rotatable bonds is 2. The summed E-state index contributed by atoms with van der Waals surface area (Å²) in [4.78, 5) is 11.1. The SMILES string of the molecule is Cl.NCC(=O)c1c(Cl)ccc(F)c1Cl. The molecule has 0 aromatic heterocycles. The Kier molecular flexibility index (Phi) is 5.37. The van der Waals surface area contributed by atoms with E-state index in [1.807, 2.05) is 0 Å². The van der Waals surface area contributed by atoms with Crippen molar-refractivity contribution in [1.82, 2.24) is 0 Å². The minimum Gasteiger partial charge on any atom is -0.324 e. The predicted molar refractivity (Wildman–Crippen MR) is 57.1 cm³/mol. The molecule has 0 heterocycles. The van der Waals surface area contributed by atoms with Crippen LogP contribution < -0.4 is 5.73 Å². The van der Waals surface area contributed by atoms with Gasteiger partial charge in [-0.15, -0.1) is 12.4 Å². The summed E-state index contributed by atoms with van der Waals surface area (Å²) in [5, 5.41) is -0.162. The van der Waals surface area contributed by atoms with Crippen LogP contribution in [-0.4, -0.2) is 12.3 Å². The molecule has 0 aliphatic carbocycles. The Morgan fingerprint density at radius 2 is 2.00 bits per heavy atom. The Hall–Kier alpha value is -0.350. The molecule has 2 nitrogen and oxygen atoms in total. The zero-order valence-corrected chi connectivity index (χ0v) is 9.22. The molecule has 14 heavy (non-hydrogen) atoms. The summed E-state index contributed by atoms with van der Waals surface area (Å²) in [5.41, 5.74) is 5.05. The first-order valence-corrected chi connectivity index (χ1v) is 4.20. The average Bonchev–Trinajstić information content (AvgIpc) is 2.12. The van der Waals surface area contributed by atoms with Crippen molar-refractivity contribution in [3.05, 3.63) is 33.6 Å². The number of halogens is 4. The second kappa shape index (κ2) is 5.51. The summed E-state index contributed by atoms with van der Waals surface area (Å²) in [7, 11) is 0. The van der Waals surface area contributed by atoms with Gasteiger partial charge in [0, 0.05) is 0 Å². The summed E-state index contributed by atoms with van der Waals surface area (Å²) < 4.78 is 12.9. The lowest BCUT2D eigenvalue weighted by molar-refractivity contribution is 0.100. The second-order valence-corrected chi connectivity index (χ2v) is 3.13. The molecule has 6 heteroatoms. The van der Waals surface area contributed by atoms with Crippen molar-refractivity contribution in [2.24, 2.45) is 5.73 Å². The van der Waals surface area contributed by atoms with E-state index in [4.69, 9.17) is 28.9 Å². The number of carbonyl (C=O) groups excluding carboxylic acids is 1. The lowest BCUT2D eigenvalue weighted by atomic mass is 10.1. The molecule has 0 unspecified atom stereocenters. The fourth-order valence-corrected chi connectivity index (χ4v) is 1.47. The van der Waals surface area contributed by atoms with E-state index in [0.717, 1.165) is 6.07 Å². The summed E-state index contributed by atoms with van der Waals surface area (Å²) in [6, 6.07) is 2.36. The molecule has 1 aromatic rings. The molecule has 0 radical (unpaired) electrons. The van der Waals surface area contributed by atoms with Crippen molar-refractivity contribution in [2.45, 2.75) is 0 Å². The van der Waals surface area contributed by atoms with Gasteiger partial charge in [0.1, 0.15) is 5.82 Å². The zero-order chi connectivity index (χ0) is 10.0. The fourth-order valence-electron chi connectivity index (χ4n) is 0.885. The Morgan fingerprint density at radius 1 is 1.43 bits per heavy atom. The van der Waals surface area contributed by atoms with Crippen LogP contribution in [0.3, 0.4) is 0 Å². The van der Waals surface area contributed by atoms with Crippen molar-refractivity contribution in [2.75, 3.05) is 6.54 Å². The van der Waals surface area contributed by atoms with Crippen LogP contribution in [-0.2, 0) is 0 Å². The Labute approximate surface area is 96.6 Å². The van der Waals surface area contributed by atoms with E-state index in [2.05, 4.69) is 0 Å². The molecule has 0 aliphatic rings.